The Morgan fingerprint density at radius 1 is 0.964 bits per heavy atom. The lowest BCUT2D eigenvalue weighted by Crippen LogP contribution is -2.60. The van der Waals surface area contributed by atoms with Crippen LogP contribution in [0.3, 0.4) is 0 Å². The molecule has 0 spiro atoms. The number of hydrogen-bond acceptors (Lipinski definition) is 9. The van der Waals surface area contributed by atoms with Gasteiger partial charge in [0.1, 0.15) is 24.2 Å². The van der Waals surface area contributed by atoms with Crippen molar-refractivity contribution in [3.63, 3.8) is 0 Å². The van der Waals surface area contributed by atoms with E-state index in [2.05, 4.69) is 23.3 Å². The van der Waals surface area contributed by atoms with Crippen molar-refractivity contribution in [3.8, 4) is 0 Å². The smallest absolute Gasteiger partial charge is 0.326 e. The third-order valence-electron chi connectivity index (χ3n) is 3.40. The second kappa shape index (κ2) is 12.1. The summed E-state index contributed by atoms with van der Waals surface area (Å²) in [5.41, 5.74) is 5.31. The fraction of sp³-hybridized carbons (Fsp3) is 0.643. The van der Waals surface area contributed by atoms with Crippen molar-refractivity contribution in [1.82, 2.24) is 16.0 Å². The first-order valence-corrected chi connectivity index (χ1v) is 8.58. The summed E-state index contributed by atoms with van der Waals surface area (Å²) in [5, 5.41) is 42.4. The Morgan fingerprint density at radius 3 is 1.89 bits per heavy atom. The number of nitrogens with one attached hydrogen (secondary N) is 3. The molecule has 28 heavy (non-hydrogen) atoms. The lowest BCUT2D eigenvalue weighted by molar-refractivity contribution is -0.147. The first kappa shape index (κ1) is 25.6. The zero-order valence-corrected chi connectivity index (χ0v) is 15.8. The van der Waals surface area contributed by atoms with Crippen LogP contribution in [0.2, 0.25) is 0 Å². The predicted molar refractivity (Wildman–Crippen MR) is 96.3 cm³/mol. The van der Waals surface area contributed by atoms with Crippen LogP contribution in [0, 0.1) is 0 Å². The van der Waals surface area contributed by atoms with Gasteiger partial charge in [0.25, 0.3) is 0 Å². The molecule has 0 radical (unpaired) electrons. The summed E-state index contributed by atoms with van der Waals surface area (Å²) in [5.74, 6) is -6.31. The number of hydrogen-bond donors (Lipinski definition) is 9. The molecule has 14 heteroatoms. The SMILES string of the molecule is CC(O)C(NC(=O)C(N)CO)C(=O)NC(CS)C(=O)NC(CC(=O)O)C(=O)O. The van der Waals surface area contributed by atoms with Gasteiger partial charge in [-0.1, -0.05) is 0 Å². The van der Waals surface area contributed by atoms with Crippen molar-refractivity contribution in [2.24, 2.45) is 5.73 Å². The van der Waals surface area contributed by atoms with Crippen LogP contribution in [0.15, 0.2) is 0 Å². The minimum Gasteiger partial charge on any atom is -0.481 e. The monoisotopic (exact) mass is 424 g/mol. The largest absolute Gasteiger partial charge is 0.481 e. The third kappa shape index (κ3) is 8.51. The molecule has 0 saturated carbocycles. The minimum atomic E-state index is -1.74. The van der Waals surface area contributed by atoms with Gasteiger partial charge in [-0.2, -0.15) is 12.6 Å². The van der Waals surface area contributed by atoms with Gasteiger partial charge in [-0.3, -0.25) is 19.2 Å². The zero-order chi connectivity index (χ0) is 22.0. The van der Waals surface area contributed by atoms with E-state index in [9.17, 15) is 29.1 Å². The molecule has 0 aliphatic heterocycles. The molecule has 0 aliphatic carbocycles. The van der Waals surface area contributed by atoms with Crippen LogP contribution in [0.4, 0.5) is 0 Å². The molecule has 0 aromatic heterocycles. The average molecular weight is 424 g/mol. The van der Waals surface area contributed by atoms with Crippen LogP contribution >= 0.6 is 12.6 Å². The van der Waals surface area contributed by atoms with Gasteiger partial charge in [0.2, 0.25) is 17.7 Å². The summed E-state index contributed by atoms with van der Waals surface area (Å²) < 4.78 is 0. The Bertz CT molecular complexity index is 601. The number of aliphatic carboxylic acids is 2. The summed E-state index contributed by atoms with van der Waals surface area (Å²) in [4.78, 5) is 57.8. The van der Waals surface area contributed by atoms with Crippen LogP contribution in [0.1, 0.15) is 13.3 Å². The summed E-state index contributed by atoms with van der Waals surface area (Å²) in [6, 6.07) is -6.00. The molecule has 13 nitrogen and oxygen atoms in total. The van der Waals surface area contributed by atoms with Gasteiger partial charge in [-0.15, -0.1) is 0 Å². The zero-order valence-electron chi connectivity index (χ0n) is 14.9. The van der Waals surface area contributed by atoms with E-state index in [1.165, 1.54) is 6.92 Å². The van der Waals surface area contributed by atoms with Gasteiger partial charge in [0, 0.05) is 5.75 Å². The molecular formula is C14H24N4O9S. The van der Waals surface area contributed by atoms with E-state index < -0.39 is 73.0 Å². The third-order valence-corrected chi connectivity index (χ3v) is 3.77. The van der Waals surface area contributed by atoms with E-state index in [0.717, 1.165) is 0 Å². The second-order valence-corrected chi connectivity index (χ2v) is 6.12. The Labute approximate surface area is 165 Å². The number of aliphatic hydroxyl groups excluding tert-OH is 2. The number of rotatable bonds is 12. The average Bonchev–Trinajstić information content (AvgIpc) is 2.61. The maximum atomic E-state index is 12.3. The van der Waals surface area contributed by atoms with E-state index in [4.69, 9.17) is 21.1 Å². The number of nitrogens with two attached hydrogens (primary N) is 1. The van der Waals surface area contributed by atoms with Crippen molar-refractivity contribution in [2.75, 3.05) is 12.4 Å². The van der Waals surface area contributed by atoms with Crippen molar-refractivity contribution in [3.05, 3.63) is 0 Å². The van der Waals surface area contributed by atoms with Crippen molar-refractivity contribution < 1.29 is 44.4 Å². The maximum Gasteiger partial charge on any atom is 0.326 e. The van der Waals surface area contributed by atoms with Gasteiger partial charge in [0.15, 0.2) is 0 Å². The van der Waals surface area contributed by atoms with E-state index in [1.54, 1.807) is 0 Å². The molecule has 0 bridgehead atoms. The summed E-state index contributed by atoms with van der Waals surface area (Å²) in [6.45, 7) is 0.472. The molecule has 0 aliphatic rings. The molecule has 0 heterocycles. The highest BCUT2D eigenvalue weighted by molar-refractivity contribution is 7.80. The van der Waals surface area contributed by atoms with Crippen LogP contribution in [-0.4, -0.2) is 92.7 Å². The normalized spacial score (nSPS) is 16.0. The van der Waals surface area contributed by atoms with E-state index in [-0.39, 0.29) is 5.75 Å². The fourth-order valence-electron chi connectivity index (χ4n) is 1.85. The maximum absolute atomic E-state index is 12.3. The molecule has 0 saturated heterocycles. The number of amides is 3. The summed E-state index contributed by atoms with van der Waals surface area (Å²) >= 11 is 3.87. The summed E-state index contributed by atoms with van der Waals surface area (Å²) in [6.07, 6.45) is -2.29. The lowest BCUT2D eigenvalue weighted by atomic mass is 10.1. The molecule has 9 N–H and O–H groups in total. The molecule has 0 aromatic carbocycles. The van der Waals surface area contributed by atoms with Crippen molar-refractivity contribution >= 4 is 42.3 Å². The van der Waals surface area contributed by atoms with Crippen LogP contribution in [0.5, 0.6) is 0 Å². The highest BCUT2D eigenvalue weighted by atomic mass is 32.1. The molecule has 3 amide bonds. The minimum absolute atomic E-state index is 0.298. The highest BCUT2D eigenvalue weighted by Gasteiger charge is 2.32. The number of carbonyl (C=O) groups is 5. The number of aliphatic hydroxyl groups is 2. The molecule has 5 unspecified atom stereocenters. The molecule has 0 rings (SSSR count). The number of carboxylic acids is 2. The van der Waals surface area contributed by atoms with Crippen molar-refractivity contribution in [1.29, 1.82) is 0 Å². The van der Waals surface area contributed by atoms with Crippen LogP contribution < -0.4 is 21.7 Å². The van der Waals surface area contributed by atoms with Gasteiger partial charge in [0.05, 0.1) is 19.1 Å². The Morgan fingerprint density at radius 2 is 1.50 bits per heavy atom. The van der Waals surface area contributed by atoms with Crippen LogP contribution in [-0.2, 0) is 24.0 Å². The summed E-state index contributed by atoms with van der Waals surface area (Å²) in [7, 11) is 0. The van der Waals surface area contributed by atoms with E-state index in [1.807, 2.05) is 5.32 Å². The fourth-order valence-corrected chi connectivity index (χ4v) is 2.11. The first-order chi connectivity index (χ1) is 12.9. The van der Waals surface area contributed by atoms with Gasteiger partial charge < -0.3 is 42.1 Å². The second-order valence-electron chi connectivity index (χ2n) is 5.76. The van der Waals surface area contributed by atoms with Gasteiger partial charge >= 0.3 is 11.9 Å². The van der Waals surface area contributed by atoms with E-state index >= 15 is 0 Å². The van der Waals surface area contributed by atoms with Gasteiger partial charge in [-0.25, -0.2) is 4.79 Å². The number of carbonyl (C=O) groups excluding carboxylic acids is 3. The Hall–Kier alpha value is -2.42. The first-order valence-electron chi connectivity index (χ1n) is 7.95. The number of carboxylic acid groups (broad SMARTS) is 2. The Balaban J connectivity index is 5.15. The molecule has 160 valence electrons. The molecule has 0 aromatic rings. The topological polar surface area (TPSA) is 228 Å². The molecular weight excluding hydrogens is 400 g/mol. The van der Waals surface area contributed by atoms with Crippen molar-refractivity contribution in [2.45, 2.75) is 43.6 Å². The van der Waals surface area contributed by atoms with Gasteiger partial charge in [-0.05, 0) is 6.92 Å². The lowest BCUT2D eigenvalue weighted by Gasteiger charge is -2.25. The molecule has 5 atom stereocenters. The standard InChI is InChI=1S/C14H24N4O9S/c1-5(20)10(18-11(23)6(15)3-19)13(25)17-8(4-28)12(24)16-7(14(26)27)2-9(21)22/h5-8,10,19-20,28H,2-4,15H2,1H3,(H,16,24)(H,17,25)(H,18,23)(H,21,22)(H,26,27). The highest BCUT2D eigenvalue weighted by Crippen LogP contribution is 2.00. The number of thiol groups is 1. The van der Waals surface area contributed by atoms with Crippen LogP contribution in [0.25, 0.3) is 0 Å². The Kier molecular flexibility index (Phi) is 11.1. The molecule has 0 fully saturated rings. The quantitative estimate of drug-likeness (QED) is 0.137. The van der Waals surface area contributed by atoms with E-state index in [0.29, 0.717) is 0 Å². The predicted octanol–water partition coefficient (Wildman–Crippen LogP) is -4.37.